The summed E-state index contributed by atoms with van der Waals surface area (Å²) in [7, 11) is 0. The number of nitrogens with two attached hydrogens (primary N) is 1. The van der Waals surface area contributed by atoms with E-state index in [1.807, 2.05) is 6.92 Å². The normalized spacial score (nSPS) is 10.3. The number of anilines is 3. The van der Waals surface area contributed by atoms with Gasteiger partial charge >= 0.3 is 0 Å². The molecule has 19 heavy (non-hydrogen) atoms. The molecule has 1 heterocycles. The number of hydrogen-bond acceptors (Lipinski definition) is 5. The van der Waals surface area contributed by atoms with Gasteiger partial charge in [-0.05, 0) is 37.6 Å². The van der Waals surface area contributed by atoms with Crippen LogP contribution in [-0.2, 0) is 0 Å². The van der Waals surface area contributed by atoms with E-state index >= 15 is 0 Å². The molecule has 100 valence electrons. The minimum Gasteiger partial charge on any atom is -0.476 e. The van der Waals surface area contributed by atoms with Gasteiger partial charge in [0, 0.05) is 5.69 Å². The van der Waals surface area contributed by atoms with E-state index in [1.54, 1.807) is 13.0 Å². The van der Waals surface area contributed by atoms with Gasteiger partial charge in [0.25, 0.3) is 0 Å². The van der Waals surface area contributed by atoms with Crippen molar-refractivity contribution in [2.24, 2.45) is 0 Å². The number of nitrogens with zero attached hydrogens (tertiary/aromatic N) is 2. The Morgan fingerprint density at radius 3 is 2.84 bits per heavy atom. The van der Waals surface area contributed by atoms with Crippen LogP contribution in [0, 0.1) is 12.7 Å². The SMILES string of the molecule is CCOc1ncnc(Nc2ccc(F)cc2C)c1N. The first-order valence-corrected chi connectivity index (χ1v) is 5.88. The number of nitrogens with one attached hydrogen (secondary N) is 1. The Balaban J connectivity index is 2.30. The van der Waals surface area contributed by atoms with Crippen LogP contribution in [0.15, 0.2) is 24.5 Å². The quantitative estimate of drug-likeness (QED) is 0.886. The molecule has 0 aliphatic heterocycles. The molecule has 0 fully saturated rings. The molecule has 0 atom stereocenters. The van der Waals surface area contributed by atoms with Gasteiger partial charge in [-0.25, -0.2) is 9.37 Å². The fourth-order valence-electron chi connectivity index (χ4n) is 1.63. The van der Waals surface area contributed by atoms with Crippen molar-refractivity contribution >= 4 is 17.2 Å². The number of aromatic nitrogens is 2. The zero-order valence-corrected chi connectivity index (χ0v) is 10.8. The Morgan fingerprint density at radius 2 is 2.16 bits per heavy atom. The molecule has 0 bridgehead atoms. The van der Waals surface area contributed by atoms with Crippen molar-refractivity contribution in [3.05, 3.63) is 35.9 Å². The molecule has 1 aromatic heterocycles. The Bertz CT molecular complexity index is 589. The van der Waals surface area contributed by atoms with Crippen LogP contribution in [0.4, 0.5) is 21.6 Å². The zero-order valence-electron chi connectivity index (χ0n) is 10.8. The van der Waals surface area contributed by atoms with E-state index in [0.29, 0.717) is 24.0 Å². The van der Waals surface area contributed by atoms with Crippen molar-refractivity contribution in [1.29, 1.82) is 0 Å². The van der Waals surface area contributed by atoms with Crippen LogP contribution in [0.1, 0.15) is 12.5 Å². The number of hydrogen-bond donors (Lipinski definition) is 2. The molecule has 0 aliphatic carbocycles. The molecule has 0 aliphatic rings. The first-order valence-electron chi connectivity index (χ1n) is 5.88. The second-order valence-electron chi connectivity index (χ2n) is 3.96. The van der Waals surface area contributed by atoms with E-state index in [4.69, 9.17) is 10.5 Å². The molecular weight excluding hydrogens is 247 g/mol. The van der Waals surface area contributed by atoms with Gasteiger partial charge < -0.3 is 15.8 Å². The van der Waals surface area contributed by atoms with Crippen LogP contribution in [0.2, 0.25) is 0 Å². The van der Waals surface area contributed by atoms with Crippen molar-refractivity contribution in [3.8, 4) is 5.88 Å². The van der Waals surface area contributed by atoms with Crippen LogP contribution >= 0.6 is 0 Å². The predicted molar refractivity (Wildman–Crippen MR) is 72.0 cm³/mol. The van der Waals surface area contributed by atoms with E-state index in [0.717, 1.165) is 11.3 Å². The second-order valence-corrected chi connectivity index (χ2v) is 3.96. The average Bonchev–Trinajstić information content (AvgIpc) is 2.37. The Morgan fingerprint density at radius 1 is 1.37 bits per heavy atom. The molecule has 2 aromatic rings. The summed E-state index contributed by atoms with van der Waals surface area (Å²) in [6, 6.07) is 4.44. The maximum Gasteiger partial charge on any atom is 0.242 e. The van der Waals surface area contributed by atoms with Gasteiger partial charge in [-0.15, -0.1) is 0 Å². The minimum atomic E-state index is -0.284. The molecule has 5 nitrogen and oxygen atoms in total. The highest BCUT2D eigenvalue weighted by atomic mass is 19.1. The molecule has 1 aromatic carbocycles. The molecule has 0 saturated heterocycles. The monoisotopic (exact) mass is 262 g/mol. The Labute approximate surface area is 110 Å². The molecular formula is C13H15FN4O. The van der Waals surface area contributed by atoms with Crippen molar-refractivity contribution < 1.29 is 9.13 Å². The Hall–Kier alpha value is -2.37. The predicted octanol–water partition coefficient (Wildman–Crippen LogP) is 2.65. The highest BCUT2D eigenvalue weighted by Gasteiger charge is 2.10. The molecule has 6 heteroatoms. The average molecular weight is 262 g/mol. The fourth-order valence-corrected chi connectivity index (χ4v) is 1.63. The largest absolute Gasteiger partial charge is 0.476 e. The van der Waals surface area contributed by atoms with E-state index in [2.05, 4.69) is 15.3 Å². The molecule has 0 radical (unpaired) electrons. The van der Waals surface area contributed by atoms with Gasteiger partial charge in [0.05, 0.1) is 6.61 Å². The number of halogens is 1. The summed E-state index contributed by atoms with van der Waals surface area (Å²) < 4.78 is 18.3. The summed E-state index contributed by atoms with van der Waals surface area (Å²) in [5.41, 5.74) is 7.73. The fraction of sp³-hybridized carbons (Fsp3) is 0.231. The van der Waals surface area contributed by atoms with Gasteiger partial charge in [0.15, 0.2) is 5.82 Å². The third-order valence-corrected chi connectivity index (χ3v) is 2.57. The topological polar surface area (TPSA) is 73.1 Å². The van der Waals surface area contributed by atoms with Crippen LogP contribution in [0.5, 0.6) is 5.88 Å². The van der Waals surface area contributed by atoms with Crippen molar-refractivity contribution in [1.82, 2.24) is 9.97 Å². The lowest BCUT2D eigenvalue weighted by Gasteiger charge is -2.12. The Kier molecular flexibility index (Phi) is 3.79. The molecule has 0 saturated carbocycles. The van der Waals surface area contributed by atoms with Crippen LogP contribution < -0.4 is 15.8 Å². The summed E-state index contributed by atoms with van der Waals surface area (Å²) in [4.78, 5) is 8.01. The van der Waals surface area contributed by atoms with Crippen LogP contribution in [0.25, 0.3) is 0 Å². The third kappa shape index (κ3) is 2.90. The summed E-state index contributed by atoms with van der Waals surface area (Å²) in [5.74, 6) is 0.488. The van der Waals surface area contributed by atoms with Crippen LogP contribution in [0.3, 0.4) is 0 Å². The lowest BCUT2D eigenvalue weighted by atomic mass is 10.2. The van der Waals surface area contributed by atoms with E-state index in [9.17, 15) is 4.39 Å². The van der Waals surface area contributed by atoms with E-state index < -0.39 is 0 Å². The number of ether oxygens (including phenoxy) is 1. The van der Waals surface area contributed by atoms with Crippen LogP contribution in [-0.4, -0.2) is 16.6 Å². The molecule has 3 N–H and O–H groups in total. The van der Waals surface area contributed by atoms with E-state index in [-0.39, 0.29) is 5.82 Å². The molecule has 0 spiro atoms. The summed E-state index contributed by atoms with van der Waals surface area (Å²) >= 11 is 0. The summed E-state index contributed by atoms with van der Waals surface area (Å²) in [6.45, 7) is 4.11. The number of nitrogen functional groups attached to an aromatic ring is 1. The molecule has 2 rings (SSSR count). The maximum atomic E-state index is 13.0. The lowest BCUT2D eigenvalue weighted by Crippen LogP contribution is -2.05. The van der Waals surface area contributed by atoms with Crippen molar-refractivity contribution in [2.75, 3.05) is 17.7 Å². The number of benzene rings is 1. The second kappa shape index (κ2) is 5.51. The van der Waals surface area contributed by atoms with Gasteiger partial charge in [-0.3, -0.25) is 0 Å². The van der Waals surface area contributed by atoms with Gasteiger partial charge in [-0.1, -0.05) is 0 Å². The molecule has 0 amide bonds. The van der Waals surface area contributed by atoms with Gasteiger partial charge in [0.2, 0.25) is 5.88 Å². The zero-order chi connectivity index (χ0) is 13.8. The number of aryl methyl sites for hydroxylation is 1. The van der Waals surface area contributed by atoms with Gasteiger partial charge in [-0.2, -0.15) is 4.98 Å². The standard InChI is InChI=1S/C13H15FN4O/c1-3-19-13-11(15)12(16-7-17-13)18-10-5-4-9(14)6-8(10)2/h4-7H,3,15H2,1-2H3,(H,16,17,18). The highest BCUT2D eigenvalue weighted by molar-refractivity contribution is 5.73. The lowest BCUT2D eigenvalue weighted by molar-refractivity contribution is 0.328. The minimum absolute atomic E-state index is 0.284. The van der Waals surface area contributed by atoms with Crippen molar-refractivity contribution in [2.45, 2.75) is 13.8 Å². The molecule has 0 unspecified atom stereocenters. The van der Waals surface area contributed by atoms with E-state index in [1.165, 1.54) is 18.5 Å². The smallest absolute Gasteiger partial charge is 0.242 e. The highest BCUT2D eigenvalue weighted by Crippen LogP contribution is 2.28. The maximum absolute atomic E-state index is 13.0. The third-order valence-electron chi connectivity index (χ3n) is 2.57. The summed E-state index contributed by atoms with van der Waals surface area (Å²) in [6.07, 6.45) is 1.36. The van der Waals surface area contributed by atoms with Crippen molar-refractivity contribution in [3.63, 3.8) is 0 Å². The summed E-state index contributed by atoms with van der Waals surface area (Å²) in [5, 5.41) is 3.04. The number of rotatable bonds is 4. The first-order chi connectivity index (χ1) is 9.11. The first kappa shape index (κ1) is 13.1. The van der Waals surface area contributed by atoms with Gasteiger partial charge in [0.1, 0.15) is 17.8 Å².